The number of rotatable bonds is 13. The molecule has 0 aliphatic carbocycles. The number of nitrogens with zero attached hydrogens (tertiary/aromatic N) is 6. The Morgan fingerprint density at radius 2 is 1.44 bits per heavy atom. The number of anilines is 4. The van der Waals surface area contributed by atoms with Gasteiger partial charge in [-0.15, -0.1) is 11.3 Å². The van der Waals surface area contributed by atoms with Gasteiger partial charge in [-0.05, 0) is 35.4 Å². The van der Waals surface area contributed by atoms with Gasteiger partial charge in [0.25, 0.3) is 0 Å². The predicted octanol–water partition coefficient (Wildman–Crippen LogP) is 6.52. The number of aliphatic hydroxyl groups excluding tert-OH is 4. The Morgan fingerprint density at radius 1 is 0.778 bits per heavy atom. The van der Waals surface area contributed by atoms with E-state index in [1.165, 1.54) is 18.6 Å². The molecule has 4 heterocycles. The molecule has 8 N–H and O–H groups in total. The maximum atomic E-state index is 10.6. The zero-order valence-electron chi connectivity index (χ0n) is 28.5. The molecular weight excluding hydrogens is 728 g/mol. The normalized spacial score (nSPS) is 13.1. The first-order valence-corrected chi connectivity index (χ1v) is 17.8. The second kappa shape index (κ2) is 18.2. The topological polar surface area (TPSA) is 202 Å². The number of nitrogens with one attached hydrogen (secondary N) is 4. The SMILES string of the molecule is OC[C@@H](O)[C@@H](Nc1cc(Nc2ccc3ncsc3c2)ncc1-c1ncn[nH]1)c1ccccc1.[C-]#[N+]c1cnc(Cl)cc1N[C@@H](c1ccccc1)[C@H](O)CO. The van der Waals surface area contributed by atoms with Crippen LogP contribution in [0.15, 0.2) is 115 Å². The molecule has 0 aliphatic heterocycles. The number of fused-ring (bicyclic) bond motifs is 1. The van der Waals surface area contributed by atoms with Crippen molar-refractivity contribution in [1.29, 1.82) is 0 Å². The number of H-pyrrole nitrogens is 1. The first-order chi connectivity index (χ1) is 26.4. The number of thiazole rings is 1. The fourth-order valence-electron chi connectivity index (χ4n) is 5.55. The Morgan fingerprint density at radius 3 is 2.06 bits per heavy atom. The second-order valence-electron chi connectivity index (χ2n) is 11.8. The summed E-state index contributed by atoms with van der Waals surface area (Å²) in [6.45, 7) is 6.35. The van der Waals surface area contributed by atoms with Gasteiger partial charge >= 0.3 is 0 Å². The lowest BCUT2D eigenvalue weighted by molar-refractivity contribution is 0.0794. The number of halogens is 1. The molecule has 274 valence electrons. The fraction of sp³-hybridized carbons (Fsp3) is 0.158. The quantitative estimate of drug-likeness (QED) is 0.0468. The molecule has 0 spiro atoms. The summed E-state index contributed by atoms with van der Waals surface area (Å²) in [5, 5.41) is 56.3. The van der Waals surface area contributed by atoms with Crippen LogP contribution < -0.4 is 16.0 Å². The van der Waals surface area contributed by atoms with E-state index in [1.54, 1.807) is 17.5 Å². The van der Waals surface area contributed by atoms with Gasteiger partial charge in [0.2, 0.25) is 5.69 Å². The largest absolute Gasteiger partial charge is 0.394 e. The van der Waals surface area contributed by atoms with Gasteiger partial charge in [-0.3, -0.25) is 10.1 Å². The summed E-state index contributed by atoms with van der Waals surface area (Å²) in [5.41, 5.74) is 7.39. The third kappa shape index (κ3) is 9.32. The number of aromatic amines is 1. The molecule has 0 saturated heterocycles. The van der Waals surface area contributed by atoms with E-state index in [0.29, 0.717) is 34.3 Å². The molecule has 4 atom stereocenters. The average molecular weight is 763 g/mol. The van der Waals surface area contributed by atoms with Crippen molar-refractivity contribution in [2.24, 2.45) is 0 Å². The third-order valence-corrected chi connectivity index (χ3v) is 9.23. The van der Waals surface area contributed by atoms with Gasteiger partial charge in [0.15, 0.2) is 5.82 Å². The lowest BCUT2D eigenvalue weighted by atomic mass is 10.0. The Labute approximate surface area is 319 Å². The van der Waals surface area contributed by atoms with Crippen LogP contribution in [0.5, 0.6) is 0 Å². The molecular formula is C38H35ClN10O4S. The maximum Gasteiger partial charge on any atom is 0.227 e. The van der Waals surface area contributed by atoms with Gasteiger partial charge in [-0.25, -0.2) is 19.8 Å². The van der Waals surface area contributed by atoms with E-state index in [1.807, 2.05) is 90.4 Å². The molecule has 0 aliphatic rings. The number of hydrogen-bond donors (Lipinski definition) is 8. The van der Waals surface area contributed by atoms with Crippen LogP contribution in [0.25, 0.3) is 26.4 Å². The molecule has 0 fully saturated rings. The van der Waals surface area contributed by atoms with Crippen molar-refractivity contribution in [2.75, 3.05) is 29.2 Å². The lowest BCUT2D eigenvalue weighted by Gasteiger charge is -2.25. The van der Waals surface area contributed by atoms with Crippen molar-refractivity contribution >= 4 is 61.7 Å². The zero-order chi connectivity index (χ0) is 37.9. The van der Waals surface area contributed by atoms with E-state index in [9.17, 15) is 20.4 Å². The average Bonchev–Trinajstić information content (AvgIpc) is 3.93. The van der Waals surface area contributed by atoms with Crippen LogP contribution in [0.2, 0.25) is 5.15 Å². The molecule has 54 heavy (non-hydrogen) atoms. The second-order valence-corrected chi connectivity index (χ2v) is 13.1. The van der Waals surface area contributed by atoms with Gasteiger partial charge in [0, 0.05) is 29.8 Å². The van der Waals surface area contributed by atoms with Crippen LogP contribution in [-0.4, -0.2) is 76.0 Å². The number of aromatic nitrogens is 6. The maximum absolute atomic E-state index is 10.6. The van der Waals surface area contributed by atoms with Crippen molar-refractivity contribution in [3.8, 4) is 11.4 Å². The fourth-order valence-corrected chi connectivity index (χ4v) is 6.42. The first-order valence-electron chi connectivity index (χ1n) is 16.6. The van der Waals surface area contributed by atoms with E-state index < -0.39 is 37.5 Å². The molecule has 0 saturated carbocycles. The van der Waals surface area contributed by atoms with Crippen molar-refractivity contribution < 1.29 is 20.4 Å². The number of pyridine rings is 2. The van der Waals surface area contributed by atoms with Crippen LogP contribution >= 0.6 is 22.9 Å². The molecule has 3 aromatic carbocycles. The number of hydrogen-bond acceptors (Lipinski definition) is 13. The summed E-state index contributed by atoms with van der Waals surface area (Å²) in [4.78, 5) is 20.3. The highest BCUT2D eigenvalue weighted by molar-refractivity contribution is 7.16. The Hall–Kier alpha value is -5.99. The molecule has 7 rings (SSSR count). The number of benzene rings is 3. The molecule has 0 amide bonds. The van der Waals surface area contributed by atoms with Crippen LogP contribution in [0.1, 0.15) is 23.2 Å². The van der Waals surface area contributed by atoms with E-state index in [4.69, 9.17) is 18.2 Å². The van der Waals surface area contributed by atoms with Crippen LogP contribution in [0.3, 0.4) is 0 Å². The van der Waals surface area contributed by atoms with E-state index in [-0.39, 0.29) is 5.15 Å². The van der Waals surface area contributed by atoms with Gasteiger partial charge < -0.3 is 36.4 Å². The molecule has 0 unspecified atom stereocenters. The highest BCUT2D eigenvalue weighted by Crippen LogP contribution is 2.34. The van der Waals surface area contributed by atoms with E-state index >= 15 is 0 Å². The van der Waals surface area contributed by atoms with Crippen LogP contribution in [-0.2, 0) is 0 Å². The summed E-state index contributed by atoms with van der Waals surface area (Å²) in [5.74, 6) is 1.14. The molecule has 7 aromatic rings. The van der Waals surface area contributed by atoms with Crippen molar-refractivity contribution in [3.05, 3.63) is 143 Å². The third-order valence-electron chi connectivity index (χ3n) is 8.23. The minimum absolute atomic E-state index is 0.246. The molecule has 0 bridgehead atoms. The van der Waals surface area contributed by atoms with Crippen molar-refractivity contribution in [1.82, 2.24) is 30.1 Å². The Kier molecular flexibility index (Phi) is 12.7. The minimum atomic E-state index is -1.02. The summed E-state index contributed by atoms with van der Waals surface area (Å²) in [6, 6.07) is 26.9. The van der Waals surface area contributed by atoms with Gasteiger partial charge in [0.05, 0.1) is 58.8 Å². The minimum Gasteiger partial charge on any atom is -0.394 e. The highest BCUT2D eigenvalue weighted by atomic mass is 35.5. The summed E-state index contributed by atoms with van der Waals surface area (Å²) < 4.78 is 1.08. The number of aliphatic hydroxyl groups is 4. The monoisotopic (exact) mass is 762 g/mol. The summed E-state index contributed by atoms with van der Waals surface area (Å²) in [6.07, 6.45) is 2.44. The predicted molar refractivity (Wildman–Crippen MR) is 210 cm³/mol. The van der Waals surface area contributed by atoms with Gasteiger partial charge in [-0.2, -0.15) is 5.10 Å². The van der Waals surface area contributed by atoms with Gasteiger partial charge in [-0.1, -0.05) is 72.3 Å². The Bertz CT molecular complexity index is 2290. The van der Waals surface area contributed by atoms with Crippen LogP contribution in [0.4, 0.5) is 28.6 Å². The highest BCUT2D eigenvalue weighted by Gasteiger charge is 2.24. The summed E-state index contributed by atoms with van der Waals surface area (Å²) >= 11 is 7.42. The van der Waals surface area contributed by atoms with E-state index in [2.05, 4.69) is 50.9 Å². The summed E-state index contributed by atoms with van der Waals surface area (Å²) in [7, 11) is 0. The van der Waals surface area contributed by atoms with Crippen molar-refractivity contribution in [3.63, 3.8) is 0 Å². The lowest BCUT2D eigenvalue weighted by Crippen LogP contribution is -2.28. The van der Waals surface area contributed by atoms with Crippen LogP contribution in [0, 0.1) is 6.57 Å². The molecule has 0 radical (unpaired) electrons. The standard InChI is InChI=1S/C23H21N7O2S.C15H14ClN3O2/c31-11-19(32)22(14-4-2-1-3-5-14)29-18-9-21(24-10-16(18)23-25-12-27-30-23)28-15-6-7-17-20(8-15)33-13-26-17;1-17-12-8-18-14(16)7-11(12)19-15(13(21)9-20)10-5-3-2-4-6-10/h1-10,12-13,19,22,31-32H,11H2,(H2,24,28,29)(H,25,27,30);2-8,13,15,20-21H,9H2,(H,18,19)/t19-,22+;13-,15+/m11/s1. The molecule has 16 heteroatoms. The van der Waals surface area contributed by atoms with Gasteiger partial charge in [0.1, 0.15) is 29.5 Å². The first kappa shape index (κ1) is 37.8. The van der Waals surface area contributed by atoms with E-state index in [0.717, 1.165) is 27.0 Å². The van der Waals surface area contributed by atoms with Crippen molar-refractivity contribution in [2.45, 2.75) is 24.3 Å². The molecule has 4 aromatic heterocycles. The smallest absolute Gasteiger partial charge is 0.227 e. The Balaban J connectivity index is 0.000000205. The zero-order valence-corrected chi connectivity index (χ0v) is 30.0. The molecule has 14 nitrogen and oxygen atoms in total.